The molecule has 0 saturated carbocycles. The Hall–Kier alpha value is -2.48. The van der Waals surface area contributed by atoms with Crippen molar-refractivity contribution in [2.45, 2.75) is 0 Å². The summed E-state index contributed by atoms with van der Waals surface area (Å²) in [5.41, 5.74) is 2.71. The van der Waals surface area contributed by atoms with Gasteiger partial charge >= 0.3 is 0 Å². The van der Waals surface area contributed by atoms with Gasteiger partial charge in [0.05, 0.1) is 18.7 Å². The van der Waals surface area contributed by atoms with E-state index in [2.05, 4.69) is 26.3 Å². The summed E-state index contributed by atoms with van der Waals surface area (Å²) in [6, 6.07) is 11.9. The summed E-state index contributed by atoms with van der Waals surface area (Å²) < 4.78 is 17.1. The first-order valence-corrected chi connectivity index (χ1v) is 11.2. The minimum atomic E-state index is 0.456. The first-order valence-electron chi connectivity index (χ1n) is 10.1. The molecule has 0 atom stereocenters. The van der Waals surface area contributed by atoms with Gasteiger partial charge in [-0.05, 0) is 24.3 Å². The summed E-state index contributed by atoms with van der Waals surface area (Å²) in [5.74, 6) is 3.06. The van der Waals surface area contributed by atoms with Gasteiger partial charge in [0.2, 0.25) is 0 Å². The highest BCUT2D eigenvalue weighted by Gasteiger charge is 2.14. The first-order chi connectivity index (χ1) is 15.3. The zero-order valence-electron chi connectivity index (χ0n) is 17.0. The van der Waals surface area contributed by atoms with Crippen LogP contribution in [0, 0.1) is 0 Å². The molecule has 0 spiro atoms. The van der Waals surface area contributed by atoms with Crippen molar-refractivity contribution in [2.75, 3.05) is 61.5 Å². The Kier molecular flexibility index (Phi) is 7.51. The maximum absolute atomic E-state index is 5.96. The van der Waals surface area contributed by atoms with Crippen LogP contribution in [-0.2, 0) is 4.74 Å². The van der Waals surface area contributed by atoms with E-state index >= 15 is 0 Å². The number of nitrogens with one attached hydrogen (secondary N) is 1. The highest BCUT2D eigenvalue weighted by atomic mass is 35.5. The molecule has 1 aliphatic heterocycles. The Bertz CT molecular complexity index is 1020. The van der Waals surface area contributed by atoms with Crippen molar-refractivity contribution < 1.29 is 14.2 Å². The lowest BCUT2D eigenvalue weighted by Gasteiger charge is -2.23. The van der Waals surface area contributed by atoms with Crippen LogP contribution in [0.25, 0.3) is 10.9 Å². The molecule has 0 amide bonds. The van der Waals surface area contributed by atoms with Crippen LogP contribution < -0.4 is 19.7 Å². The molecule has 4 rings (SSSR count). The second kappa shape index (κ2) is 10.7. The number of benzene rings is 2. The van der Waals surface area contributed by atoms with E-state index in [1.165, 1.54) is 6.33 Å². The molecule has 0 bridgehead atoms. The maximum Gasteiger partial charge on any atom is 0.163 e. The number of hydrogen-bond acceptors (Lipinski definition) is 7. The summed E-state index contributed by atoms with van der Waals surface area (Å²) in [4.78, 5) is 11.0. The molecule has 31 heavy (non-hydrogen) atoms. The molecule has 7 nitrogen and oxygen atoms in total. The number of alkyl halides is 2. The van der Waals surface area contributed by atoms with Gasteiger partial charge in [-0.3, -0.25) is 0 Å². The molecule has 1 N–H and O–H groups in total. The van der Waals surface area contributed by atoms with Gasteiger partial charge in [-0.15, -0.1) is 23.2 Å². The van der Waals surface area contributed by atoms with Gasteiger partial charge in [-0.25, -0.2) is 9.97 Å². The number of ether oxygens (including phenoxy) is 3. The van der Waals surface area contributed by atoms with Crippen LogP contribution in [0.2, 0.25) is 0 Å². The zero-order chi connectivity index (χ0) is 21.5. The zero-order valence-corrected chi connectivity index (χ0v) is 18.5. The lowest BCUT2D eigenvalue weighted by atomic mass is 10.2. The third kappa shape index (κ3) is 5.42. The number of fused-ring (bicyclic) bond motifs is 2. The van der Waals surface area contributed by atoms with Crippen LogP contribution in [0.1, 0.15) is 0 Å². The van der Waals surface area contributed by atoms with Crippen LogP contribution in [0.15, 0.2) is 42.7 Å². The van der Waals surface area contributed by atoms with Crippen LogP contribution in [-0.4, -0.2) is 61.2 Å². The molecule has 0 radical (unpaired) electrons. The Morgan fingerprint density at radius 1 is 0.903 bits per heavy atom. The van der Waals surface area contributed by atoms with Gasteiger partial charge in [-0.2, -0.15) is 0 Å². The van der Waals surface area contributed by atoms with Crippen molar-refractivity contribution >= 4 is 51.3 Å². The number of halogens is 2. The molecule has 0 unspecified atom stereocenters. The van der Waals surface area contributed by atoms with Gasteiger partial charge in [0.15, 0.2) is 11.5 Å². The van der Waals surface area contributed by atoms with E-state index in [0.29, 0.717) is 55.5 Å². The molecule has 0 aliphatic carbocycles. The Balaban J connectivity index is 1.65. The predicted molar refractivity (Wildman–Crippen MR) is 125 cm³/mol. The average Bonchev–Trinajstić information content (AvgIpc) is 2.90. The normalized spacial score (nSPS) is 13.9. The number of nitrogens with zero attached hydrogens (tertiary/aromatic N) is 3. The first kappa shape index (κ1) is 21.7. The summed E-state index contributed by atoms with van der Waals surface area (Å²) in [6.45, 7) is 3.41. The molecule has 2 aromatic carbocycles. The molecule has 0 fully saturated rings. The fourth-order valence-electron chi connectivity index (χ4n) is 3.40. The van der Waals surface area contributed by atoms with Gasteiger partial charge in [0.1, 0.15) is 25.4 Å². The van der Waals surface area contributed by atoms with Gasteiger partial charge < -0.3 is 24.4 Å². The van der Waals surface area contributed by atoms with E-state index in [1.54, 1.807) is 0 Å². The second-order valence-electron chi connectivity index (χ2n) is 6.89. The summed E-state index contributed by atoms with van der Waals surface area (Å²) in [6.07, 6.45) is 1.54. The summed E-state index contributed by atoms with van der Waals surface area (Å²) in [7, 11) is 0. The minimum Gasteiger partial charge on any atom is -0.487 e. The highest BCUT2D eigenvalue weighted by molar-refractivity contribution is 6.18. The van der Waals surface area contributed by atoms with Crippen molar-refractivity contribution in [1.29, 1.82) is 0 Å². The standard InChI is InChI=1S/C22H24Cl2N4O3/c23-4-6-28(7-5-24)17-3-1-2-16(12-17)27-22-18-13-20-21(14-19(18)25-15-26-22)31-11-9-29-8-10-30-20/h1-3,12-15H,4-11H2,(H,25,26,27). The Morgan fingerprint density at radius 2 is 1.65 bits per heavy atom. The minimum absolute atomic E-state index is 0.456. The fraction of sp³-hybridized carbons (Fsp3) is 0.364. The van der Waals surface area contributed by atoms with E-state index in [-0.39, 0.29) is 0 Å². The fourth-order valence-corrected chi connectivity index (χ4v) is 3.81. The number of anilines is 3. The quantitative estimate of drug-likeness (QED) is 0.520. The number of rotatable bonds is 7. The summed E-state index contributed by atoms with van der Waals surface area (Å²) >= 11 is 11.9. The van der Waals surface area contributed by atoms with E-state index in [4.69, 9.17) is 37.4 Å². The molecule has 1 aliphatic rings. The maximum atomic E-state index is 5.96. The lowest BCUT2D eigenvalue weighted by Crippen LogP contribution is -2.27. The lowest BCUT2D eigenvalue weighted by molar-refractivity contribution is 0.0877. The van der Waals surface area contributed by atoms with Crippen LogP contribution in [0.3, 0.4) is 0 Å². The van der Waals surface area contributed by atoms with Gasteiger partial charge in [0.25, 0.3) is 0 Å². The molecular formula is C22H24Cl2N4O3. The molecular weight excluding hydrogens is 439 g/mol. The van der Waals surface area contributed by atoms with Crippen LogP contribution in [0.4, 0.5) is 17.2 Å². The summed E-state index contributed by atoms with van der Waals surface area (Å²) in [5, 5.41) is 4.25. The molecule has 3 aromatic rings. The Labute approximate surface area is 191 Å². The third-order valence-electron chi connectivity index (χ3n) is 4.85. The van der Waals surface area contributed by atoms with E-state index in [0.717, 1.165) is 35.4 Å². The Morgan fingerprint density at radius 3 is 2.39 bits per heavy atom. The second-order valence-corrected chi connectivity index (χ2v) is 7.64. The molecule has 164 valence electrons. The van der Waals surface area contributed by atoms with E-state index in [9.17, 15) is 0 Å². The SMILES string of the molecule is ClCCN(CCCl)c1cccc(Nc2ncnc3cc4c(cc23)OCCOCCO4)c1. The number of aromatic nitrogens is 2. The van der Waals surface area contributed by atoms with Crippen molar-refractivity contribution in [3.8, 4) is 11.5 Å². The number of hydrogen-bond donors (Lipinski definition) is 1. The van der Waals surface area contributed by atoms with Crippen molar-refractivity contribution in [1.82, 2.24) is 9.97 Å². The predicted octanol–water partition coefficient (Wildman–Crippen LogP) is 4.45. The topological polar surface area (TPSA) is 68.7 Å². The third-order valence-corrected chi connectivity index (χ3v) is 5.19. The molecule has 9 heteroatoms. The highest BCUT2D eigenvalue weighted by Crippen LogP contribution is 2.35. The van der Waals surface area contributed by atoms with E-state index < -0.39 is 0 Å². The monoisotopic (exact) mass is 462 g/mol. The smallest absolute Gasteiger partial charge is 0.163 e. The van der Waals surface area contributed by atoms with Crippen molar-refractivity contribution in [3.63, 3.8) is 0 Å². The van der Waals surface area contributed by atoms with Crippen LogP contribution in [0.5, 0.6) is 11.5 Å². The van der Waals surface area contributed by atoms with Crippen molar-refractivity contribution in [3.05, 3.63) is 42.7 Å². The van der Waals surface area contributed by atoms with Crippen LogP contribution >= 0.6 is 23.2 Å². The largest absolute Gasteiger partial charge is 0.487 e. The molecule has 2 heterocycles. The molecule has 1 aromatic heterocycles. The van der Waals surface area contributed by atoms with Gasteiger partial charge in [0, 0.05) is 47.7 Å². The average molecular weight is 463 g/mol. The van der Waals surface area contributed by atoms with Gasteiger partial charge in [-0.1, -0.05) is 6.07 Å². The van der Waals surface area contributed by atoms with Crippen molar-refractivity contribution in [2.24, 2.45) is 0 Å². The van der Waals surface area contributed by atoms with E-state index in [1.807, 2.05) is 30.3 Å². The molecule has 0 saturated heterocycles.